The van der Waals surface area contributed by atoms with Crippen LogP contribution in [0.2, 0.25) is 0 Å². The molecule has 0 saturated carbocycles. The number of nitrogens with zero attached hydrogens (tertiary/aromatic N) is 2. The van der Waals surface area contributed by atoms with Crippen molar-refractivity contribution in [3.63, 3.8) is 0 Å². The van der Waals surface area contributed by atoms with Gasteiger partial charge in [-0.2, -0.15) is 23.5 Å². The Morgan fingerprint density at radius 3 is 1.25 bits per heavy atom. The Morgan fingerprint density at radius 2 is 0.917 bits per heavy atom. The van der Waals surface area contributed by atoms with E-state index >= 15 is 0 Å². The Morgan fingerprint density at radius 1 is 0.583 bits per heavy atom. The Kier molecular flexibility index (Phi) is 9.77. The van der Waals surface area contributed by atoms with Gasteiger partial charge in [-0.3, -0.25) is 38.6 Å². The predicted octanol–water partition coefficient (Wildman–Crippen LogP) is 1.90. The largest absolute Gasteiger partial charge is 0.464 e. The molecule has 6 aliphatic rings. The molecule has 14 heteroatoms. The van der Waals surface area contributed by atoms with E-state index in [9.17, 15) is 28.8 Å². The topological polar surface area (TPSA) is 146 Å². The molecule has 4 bridgehead atoms. The van der Waals surface area contributed by atoms with Gasteiger partial charge in [0.1, 0.15) is 13.2 Å². The lowest BCUT2D eigenvalue weighted by Gasteiger charge is -2.17. The molecule has 4 fully saturated rings. The highest BCUT2D eigenvalue weighted by Crippen LogP contribution is 2.46. The zero-order chi connectivity index (χ0) is 33.4. The number of thioether (sulfide) groups is 2. The van der Waals surface area contributed by atoms with Crippen LogP contribution in [0.15, 0.2) is 48.6 Å². The van der Waals surface area contributed by atoms with Gasteiger partial charge in [-0.1, -0.05) is 48.6 Å². The summed E-state index contributed by atoms with van der Waals surface area (Å²) in [4.78, 5) is 77.4. The highest BCUT2D eigenvalue weighted by molar-refractivity contribution is 7.98. The monoisotopic (exact) mass is 696 g/mol. The van der Waals surface area contributed by atoms with Crippen LogP contribution in [0.3, 0.4) is 0 Å². The second-order valence-corrected chi connectivity index (χ2v) is 14.7. The van der Waals surface area contributed by atoms with Crippen molar-refractivity contribution in [3.05, 3.63) is 59.7 Å². The Labute approximate surface area is 285 Å². The molecule has 4 saturated heterocycles. The highest BCUT2D eigenvalue weighted by Gasteiger charge is 2.61. The molecule has 6 aliphatic heterocycles. The summed E-state index contributed by atoms with van der Waals surface area (Å²) >= 11 is 3.24. The number of carbonyl (C=O) groups is 6. The van der Waals surface area contributed by atoms with Crippen molar-refractivity contribution in [3.8, 4) is 0 Å². The first kappa shape index (κ1) is 33.1. The zero-order valence-electron chi connectivity index (χ0n) is 26.1. The molecule has 1 aromatic carbocycles. The molecule has 8 atom stereocenters. The minimum atomic E-state index is -0.450. The highest BCUT2D eigenvalue weighted by atomic mass is 32.2. The Balaban J connectivity index is 0.711. The minimum Gasteiger partial charge on any atom is -0.464 e. The van der Waals surface area contributed by atoms with Crippen molar-refractivity contribution in [2.75, 3.05) is 37.8 Å². The van der Waals surface area contributed by atoms with Crippen molar-refractivity contribution < 1.29 is 47.7 Å². The van der Waals surface area contributed by atoms with Gasteiger partial charge in [0.15, 0.2) is 0 Å². The fourth-order valence-electron chi connectivity index (χ4n) is 7.24. The van der Waals surface area contributed by atoms with Crippen LogP contribution in [-0.4, -0.2) is 108 Å². The summed E-state index contributed by atoms with van der Waals surface area (Å²) in [6.45, 7) is 0.117. The number of fused-ring (bicyclic) bond motifs is 10. The van der Waals surface area contributed by atoms with Crippen molar-refractivity contribution in [2.45, 2.75) is 48.8 Å². The summed E-state index contributed by atoms with van der Waals surface area (Å²) in [5.74, 6) is -0.839. The number of benzene rings is 1. The van der Waals surface area contributed by atoms with Gasteiger partial charge in [-0.05, 0) is 11.1 Å². The Hall–Kier alpha value is -3.46. The van der Waals surface area contributed by atoms with E-state index in [0.717, 1.165) is 22.6 Å². The number of hydrogen-bond acceptors (Lipinski definition) is 12. The van der Waals surface area contributed by atoms with E-state index in [0.29, 0.717) is 11.5 Å². The summed E-state index contributed by atoms with van der Waals surface area (Å²) in [5, 5.41) is 0. The van der Waals surface area contributed by atoms with Crippen LogP contribution in [0.1, 0.15) is 24.0 Å². The third-order valence-electron chi connectivity index (χ3n) is 9.62. The van der Waals surface area contributed by atoms with Crippen molar-refractivity contribution in [2.24, 2.45) is 23.7 Å². The normalized spacial score (nSPS) is 30.6. The van der Waals surface area contributed by atoms with Gasteiger partial charge in [0.25, 0.3) is 0 Å². The van der Waals surface area contributed by atoms with Gasteiger partial charge in [0.05, 0.1) is 74.0 Å². The van der Waals surface area contributed by atoms with Gasteiger partial charge in [0, 0.05) is 23.0 Å². The van der Waals surface area contributed by atoms with E-state index in [-0.39, 0.29) is 99.1 Å². The molecule has 7 rings (SSSR count). The number of hydrogen-bond donors (Lipinski definition) is 0. The van der Waals surface area contributed by atoms with E-state index in [1.165, 1.54) is 9.80 Å². The lowest BCUT2D eigenvalue weighted by atomic mass is 9.85. The molecule has 0 radical (unpaired) electrons. The lowest BCUT2D eigenvalue weighted by molar-refractivity contribution is -0.149. The molecule has 4 unspecified atom stereocenters. The maximum atomic E-state index is 12.6. The molecule has 0 aromatic heterocycles. The van der Waals surface area contributed by atoms with Crippen LogP contribution in [0.4, 0.5) is 0 Å². The summed E-state index contributed by atoms with van der Waals surface area (Å²) < 4.78 is 21.8. The molecule has 1 aromatic rings. The van der Waals surface area contributed by atoms with Crippen molar-refractivity contribution >= 4 is 59.1 Å². The second kappa shape index (κ2) is 14.2. The van der Waals surface area contributed by atoms with Crippen LogP contribution in [-0.2, 0) is 59.2 Å². The molecule has 4 amide bonds. The number of esters is 2. The number of imide groups is 2. The standard InChI is InChI=1S/C34H36N2O10S2/c37-25(43-13-11-35-31(39)27-21-5-6-22(45-21)28(27)32(35)40)9-15-47-17-19-1-2-20(4-3-19)18-48-16-10-26(38)44-14-12-36-33(41)29-23-7-8-24(46-23)30(29)34(36)42/h1-8,21-24,27-30H,9-18H2/t21?,22?,23?,24?,27-,28+,29-,30+. The predicted molar refractivity (Wildman–Crippen MR) is 173 cm³/mol. The minimum absolute atomic E-state index is 0.0101. The van der Waals surface area contributed by atoms with Crippen LogP contribution in [0, 0.1) is 23.7 Å². The summed E-state index contributed by atoms with van der Waals surface area (Å²) in [6, 6.07) is 8.18. The second-order valence-electron chi connectivity index (χ2n) is 12.5. The van der Waals surface area contributed by atoms with Crippen LogP contribution < -0.4 is 0 Å². The van der Waals surface area contributed by atoms with E-state index in [1.54, 1.807) is 23.5 Å². The van der Waals surface area contributed by atoms with Crippen molar-refractivity contribution in [1.82, 2.24) is 9.80 Å². The van der Waals surface area contributed by atoms with Gasteiger partial charge in [0.2, 0.25) is 23.6 Å². The Bertz CT molecular complexity index is 1370. The summed E-state index contributed by atoms with van der Waals surface area (Å²) in [7, 11) is 0. The summed E-state index contributed by atoms with van der Waals surface area (Å²) in [6.07, 6.45) is 6.52. The molecule has 12 nitrogen and oxygen atoms in total. The fourth-order valence-corrected chi connectivity index (χ4v) is 9.01. The number of ether oxygens (including phenoxy) is 4. The lowest BCUT2D eigenvalue weighted by Crippen LogP contribution is -2.37. The van der Waals surface area contributed by atoms with Gasteiger partial charge in [-0.25, -0.2) is 0 Å². The van der Waals surface area contributed by atoms with Crippen LogP contribution in [0.5, 0.6) is 0 Å². The maximum Gasteiger partial charge on any atom is 0.306 e. The molecule has 0 spiro atoms. The molecule has 254 valence electrons. The maximum absolute atomic E-state index is 12.6. The van der Waals surface area contributed by atoms with E-state index in [2.05, 4.69) is 0 Å². The first-order valence-electron chi connectivity index (χ1n) is 16.2. The summed E-state index contributed by atoms with van der Waals surface area (Å²) in [5.41, 5.74) is 2.26. The van der Waals surface area contributed by atoms with Crippen LogP contribution in [0.25, 0.3) is 0 Å². The van der Waals surface area contributed by atoms with Crippen molar-refractivity contribution in [1.29, 1.82) is 0 Å². The number of rotatable bonds is 16. The zero-order valence-corrected chi connectivity index (χ0v) is 27.7. The van der Waals surface area contributed by atoms with Gasteiger partial charge < -0.3 is 18.9 Å². The average molecular weight is 697 g/mol. The van der Waals surface area contributed by atoms with Gasteiger partial charge in [-0.15, -0.1) is 0 Å². The molecule has 0 aliphatic carbocycles. The third kappa shape index (κ3) is 6.47. The number of carbonyl (C=O) groups excluding carboxylic acids is 6. The first-order valence-corrected chi connectivity index (χ1v) is 18.5. The number of likely N-dealkylation sites (tertiary alicyclic amines) is 2. The van der Waals surface area contributed by atoms with E-state index in [4.69, 9.17) is 18.9 Å². The quantitative estimate of drug-likeness (QED) is 0.108. The average Bonchev–Trinajstić information content (AvgIpc) is 3.94. The van der Waals surface area contributed by atoms with E-state index < -0.39 is 23.7 Å². The molecular formula is C34H36N2O10S2. The molecule has 6 heterocycles. The SMILES string of the molecule is O=C(CCSCc1ccc(CSCCC(=O)OCCN2C(=O)[C@@H]3C4C=CC(O4)[C@@H]3C2=O)cc1)OCCN1C(=O)[C@@H]2C3C=CC(O3)[C@@H]2C1=O. The van der Waals surface area contributed by atoms with Gasteiger partial charge >= 0.3 is 11.9 Å². The molecule has 48 heavy (non-hydrogen) atoms. The van der Waals surface area contributed by atoms with E-state index in [1.807, 2.05) is 48.6 Å². The fraction of sp³-hybridized carbons (Fsp3) is 0.529. The number of amides is 4. The molecular weight excluding hydrogens is 661 g/mol. The smallest absolute Gasteiger partial charge is 0.306 e. The van der Waals surface area contributed by atoms with Crippen LogP contribution >= 0.6 is 23.5 Å². The third-order valence-corrected chi connectivity index (χ3v) is 11.7. The first-order chi connectivity index (χ1) is 23.3. The molecule has 0 N–H and O–H groups in total.